The second-order valence-electron chi connectivity index (χ2n) is 2.93. The predicted molar refractivity (Wildman–Crippen MR) is 65.9 cm³/mol. The van der Waals surface area contributed by atoms with Crippen molar-refractivity contribution >= 4 is 29.5 Å². The van der Waals surface area contributed by atoms with Gasteiger partial charge >= 0.3 is 5.97 Å². The summed E-state index contributed by atoms with van der Waals surface area (Å²) in [5, 5.41) is 1.54. The fourth-order valence-corrected chi connectivity index (χ4v) is 2.25. The van der Waals surface area contributed by atoms with Crippen molar-refractivity contribution in [3.63, 3.8) is 0 Å². The molecule has 0 amide bonds. The molecule has 0 aliphatic heterocycles. The molecular formula is C10H14N2O2S2. The number of thioether (sulfide) groups is 2. The van der Waals surface area contributed by atoms with Crippen LogP contribution in [0, 0.1) is 6.92 Å². The van der Waals surface area contributed by atoms with Crippen LogP contribution in [-0.2, 0) is 9.53 Å². The molecule has 0 saturated carbocycles. The highest BCUT2D eigenvalue weighted by molar-refractivity contribution is 8.00. The van der Waals surface area contributed by atoms with Gasteiger partial charge in [0, 0.05) is 5.69 Å². The lowest BCUT2D eigenvalue weighted by Crippen LogP contribution is -2.06. The summed E-state index contributed by atoms with van der Waals surface area (Å²) < 4.78 is 4.84. The second-order valence-corrected chi connectivity index (χ2v) is 4.70. The van der Waals surface area contributed by atoms with Crippen molar-refractivity contribution in [3.8, 4) is 0 Å². The molecule has 0 aliphatic carbocycles. The van der Waals surface area contributed by atoms with E-state index in [1.54, 1.807) is 6.92 Å². The summed E-state index contributed by atoms with van der Waals surface area (Å²) in [6.45, 7) is 4.12. The minimum atomic E-state index is -0.213. The van der Waals surface area contributed by atoms with E-state index in [9.17, 15) is 4.79 Å². The third kappa shape index (κ3) is 4.40. The molecule has 88 valence electrons. The number of aromatic nitrogens is 2. The van der Waals surface area contributed by atoms with E-state index in [1.165, 1.54) is 23.5 Å². The number of ether oxygens (including phenoxy) is 1. The minimum Gasteiger partial charge on any atom is -0.465 e. The molecule has 1 aromatic heterocycles. The fourth-order valence-electron chi connectivity index (χ4n) is 1.01. The normalized spacial score (nSPS) is 10.2. The molecule has 0 atom stereocenters. The highest BCUT2D eigenvalue weighted by Crippen LogP contribution is 2.19. The molecule has 6 heteroatoms. The second kappa shape index (κ2) is 6.75. The van der Waals surface area contributed by atoms with Crippen LogP contribution in [0.3, 0.4) is 0 Å². The van der Waals surface area contributed by atoms with Gasteiger partial charge in [-0.3, -0.25) is 4.79 Å². The maximum Gasteiger partial charge on any atom is 0.316 e. The first-order valence-electron chi connectivity index (χ1n) is 4.83. The highest BCUT2D eigenvalue weighted by Gasteiger charge is 2.06. The average Bonchev–Trinajstić information content (AvgIpc) is 2.26. The summed E-state index contributed by atoms with van der Waals surface area (Å²) in [6, 6.07) is 1.86. The van der Waals surface area contributed by atoms with Crippen LogP contribution in [-0.4, -0.2) is 34.6 Å². The Morgan fingerprint density at radius 3 is 2.88 bits per heavy atom. The SMILES string of the molecule is CCOC(=O)CSc1cc(C)nc(SC)n1. The molecule has 16 heavy (non-hydrogen) atoms. The number of carbonyl (C=O) groups is 1. The average molecular weight is 258 g/mol. The number of aryl methyl sites for hydroxylation is 1. The summed E-state index contributed by atoms with van der Waals surface area (Å²) in [5.74, 6) is 0.0763. The smallest absolute Gasteiger partial charge is 0.316 e. The van der Waals surface area contributed by atoms with E-state index < -0.39 is 0 Å². The zero-order chi connectivity index (χ0) is 12.0. The summed E-state index contributed by atoms with van der Waals surface area (Å²) in [7, 11) is 0. The lowest BCUT2D eigenvalue weighted by molar-refractivity contribution is -0.139. The Morgan fingerprint density at radius 1 is 1.50 bits per heavy atom. The van der Waals surface area contributed by atoms with Gasteiger partial charge in [0.25, 0.3) is 0 Å². The molecule has 0 aliphatic rings. The van der Waals surface area contributed by atoms with Gasteiger partial charge < -0.3 is 4.74 Å². The number of rotatable bonds is 5. The molecule has 4 nitrogen and oxygen atoms in total. The number of hydrogen-bond donors (Lipinski definition) is 0. The maximum atomic E-state index is 11.2. The number of hydrogen-bond acceptors (Lipinski definition) is 6. The largest absolute Gasteiger partial charge is 0.465 e. The van der Waals surface area contributed by atoms with E-state index in [0.717, 1.165) is 15.9 Å². The first-order valence-corrected chi connectivity index (χ1v) is 7.04. The van der Waals surface area contributed by atoms with Gasteiger partial charge in [0.05, 0.1) is 12.4 Å². The summed E-state index contributed by atoms with van der Waals surface area (Å²) in [5.41, 5.74) is 0.908. The van der Waals surface area contributed by atoms with Crippen molar-refractivity contribution in [3.05, 3.63) is 11.8 Å². The Kier molecular flexibility index (Phi) is 5.62. The zero-order valence-corrected chi connectivity index (χ0v) is 11.2. The fraction of sp³-hybridized carbons (Fsp3) is 0.500. The standard InChI is InChI=1S/C10H14N2O2S2/c1-4-14-9(13)6-16-8-5-7(2)11-10(12-8)15-3/h5H,4,6H2,1-3H3. The Morgan fingerprint density at radius 2 is 2.25 bits per heavy atom. The van der Waals surface area contributed by atoms with Crippen molar-refractivity contribution in [2.45, 2.75) is 24.0 Å². The summed E-state index contributed by atoms with van der Waals surface area (Å²) in [4.78, 5) is 19.7. The van der Waals surface area contributed by atoms with Gasteiger partial charge in [-0.05, 0) is 26.2 Å². The van der Waals surface area contributed by atoms with Crippen LogP contribution in [0.5, 0.6) is 0 Å². The van der Waals surface area contributed by atoms with Gasteiger partial charge in [-0.25, -0.2) is 9.97 Å². The van der Waals surface area contributed by atoms with Gasteiger partial charge in [0.2, 0.25) is 0 Å². The molecule has 0 bridgehead atoms. The van der Waals surface area contributed by atoms with E-state index in [2.05, 4.69) is 9.97 Å². The van der Waals surface area contributed by atoms with E-state index in [0.29, 0.717) is 6.61 Å². The minimum absolute atomic E-state index is 0.213. The Balaban J connectivity index is 2.59. The van der Waals surface area contributed by atoms with E-state index in [4.69, 9.17) is 4.74 Å². The van der Waals surface area contributed by atoms with E-state index in [-0.39, 0.29) is 11.7 Å². The van der Waals surface area contributed by atoms with E-state index >= 15 is 0 Å². The van der Waals surface area contributed by atoms with Crippen LogP contribution < -0.4 is 0 Å². The molecule has 0 fully saturated rings. The number of carbonyl (C=O) groups excluding carboxylic acids is 1. The first kappa shape index (κ1) is 13.3. The highest BCUT2D eigenvalue weighted by atomic mass is 32.2. The third-order valence-electron chi connectivity index (χ3n) is 1.64. The van der Waals surface area contributed by atoms with Crippen molar-refractivity contribution in [1.29, 1.82) is 0 Å². The number of esters is 1. The lowest BCUT2D eigenvalue weighted by atomic mass is 10.5. The number of nitrogens with zero attached hydrogens (tertiary/aromatic N) is 2. The summed E-state index contributed by atoms with van der Waals surface area (Å²) in [6.07, 6.45) is 1.93. The molecule has 1 heterocycles. The first-order chi connectivity index (χ1) is 7.65. The molecule has 0 saturated heterocycles. The van der Waals surface area contributed by atoms with Gasteiger partial charge in [-0.15, -0.1) is 0 Å². The zero-order valence-electron chi connectivity index (χ0n) is 9.52. The molecule has 0 unspecified atom stereocenters. The van der Waals surface area contributed by atoms with Crippen LogP contribution in [0.1, 0.15) is 12.6 Å². The van der Waals surface area contributed by atoms with Crippen molar-refractivity contribution < 1.29 is 9.53 Å². The van der Waals surface area contributed by atoms with Crippen molar-refractivity contribution in [1.82, 2.24) is 9.97 Å². The third-order valence-corrected chi connectivity index (χ3v) is 3.07. The van der Waals surface area contributed by atoms with Crippen LogP contribution in [0.4, 0.5) is 0 Å². The molecule has 0 spiro atoms. The molecule has 0 aromatic carbocycles. The molecule has 1 aromatic rings. The van der Waals surface area contributed by atoms with Gasteiger partial charge in [-0.2, -0.15) is 0 Å². The maximum absolute atomic E-state index is 11.2. The van der Waals surface area contributed by atoms with Crippen LogP contribution in [0.25, 0.3) is 0 Å². The van der Waals surface area contributed by atoms with Crippen LogP contribution >= 0.6 is 23.5 Å². The molecule has 1 rings (SSSR count). The molecule has 0 N–H and O–H groups in total. The molecule has 0 radical (unpaired) electrons. The van der Waals surface area contributed by atoms with Gasteiger partial charge in [-0.1, -0.05) is 23.5 Å². The molecular weight excluding hydrogens is 244 g/mol. The lowest BCUT2D eigenvalue weighted by Gasteiger charge is -2.03. The van der Waals surface area contributed by atoms with Gasteiger partial charge in [0.1, 0.15) is 5.03 Å². The predicted octanol–water partition coefficient (Wildman–Crippen LogP) is 2.16. The van der Waals surface area contributed by atoms with Gasteiger partial charge in [0.15, 0.2) is 5.16 Å². The van der Waals surface area contributed by atoms with Crippen LogP contribution in [0.15, 0.2) is 16.2 Å². The quantitative estimate of drug-likeness (QED) is 0.349. The van der Waals surface area contributed by atoms with E-state index in [1.807, 2.05) is 19.2 Å². The van der Waals surface area contributed by atoms with Crippen molar-refractivity contribution in [2.75, 3.05) is 18.6 Å². The van der Waals surface area contributed by atoms with Crippen LogP contribution in [0.2, 0.25) is 0 Å². The summed E-state index contributed by atoms with van der Waals surface area (Å²) >= 11 is 2.86. The van der Waals surface area contributed by atoms with Crippen molar-refractivity contribution in [2.24, 2.45) is 0 Å². The Bertz CT molecular complexity index is 372. The Labute approximate surface area is 104 Å². The monoisotopic (exact) mass is 258 g/mol. The topological polar surface area (TPSA) is 52.1 Å². The Hall–Kier alpha value is -0.750.